The number of carbonyl (C=O) groups is 1. The second-order valence-corrected chi connectivity index (χ2v) is 10.1. The van der Waals surface area contributed by atoms with Crippen LogP contribution >= 0.6 is 11.8 Å². The Morgan fingerprint density at radius 1 is 1.16 bits per heavy atom. The van der Waals surface area contributed by atoms with E-state index in [1.165, 1.54) is 38.0 Å². The van der Waals surface area contributed by atoms with Gasteiger partial charge >= 0.3 is 0 Å². The Morgan fingerprint density at radius 3 is 2.58 bits per heavy atom. The number of methoxy groups -OCH3 is 1. The molecule has 0 N–H and O–H groups in total. The van der Waals surface area contributed by atoms with Gasteiger partial charge in [0.05, 0.1) is 17.3 Å². The lowest BCUT2D eigenvalue weighted by Crippen LogP contribution is -2.34. The Morgan fingerprint density at radius 2 is 1.90 bits per heavy atom. The summed E-state index contributed by atoms with van der Waals surface area (Å²) in [5, 5.41) is 0.314. The zero-order valence-electron chi connectivity index (χ0n) is 17.6. The van der Waals surface area contributed by atoms with Crippen LogP contribution in [0, 0.1) is 0 Å². The van der Waals surface area contributed by atoms with Gasteiger partial charge in [0, 0.05) is 34.3 Å². The van der Waals surface area contributed by atoms with Crippen LogP contribution in [0.4, 0.5) is 0 Å². The third kappa shape index (κ3) is 5.85. The van der Waals surface area contributed by atoms with Gasteiger partial charge in [0.2, 0.25) is 15.9 Å². The van der Waals surface area contributed by atoms with Crippen molar-refractivity contribution in [1.29, 1.82) is 0 Å². The maximum Gasteiger partial charge on any atom is 0.257 e. The molecule has 3 aromatic rings. The summed E-state index contributed by atoms with van der Waals surface area (Å²) in [6.45, 7) is 1.41. The van der Waals surface area contributed by atoms with E-state index in [1.807, 2.05) is 30.3 Å². The van der Waals surface area contributed by atoms with E-state index in [4.69, 9.17) is 9.15 Å². The van der Waals surface area contributed by atoms with Crippen LogP contribution in [0.3, 0.4) is 0 Å². The third-order valence-electron chi connectivity index (χ3n) is 4.57. The Labute approximate surface area is 186 Å². The molecule has 8 nitrogen and oxygen atoms in total. The summed E-state index contributed by atoms with van der Waals surface area (Å²) in [5.41, 5.74) is 1.93. The lowest BCUT2D eigenvalue weighted by Gasteiger charge is -2.22. The lowest BCUT2D eigenvalue weighted by molar-refractivity contribution is -0.129. The van der Waals surface area contributed by atoms with Crippen LogP contribution in [0.15, 0.2) is 63.1 Å². The van der Waals surface area contributed by atoms with Crippen molar-refractivity contribution in [2.45, 2.75) is 16.7 Å². The maximum atomic E-state index is 12.8. The number of oxazole rings is 1. The van der Waals surface area contributed by atoms with Crippen molar-refractivity contribution in [3.8, 4) is 0 Å². The number of ether oxygens (including phenoxy) is 1. The molecule has 31 heavy (non-hydrogen) atoms. The van der Waals surface area contributed by atoms with Crippen LogP contribution in [-0.2, 0) is 26.1 Å². The zero-order valence-corrected chi connectivity index (χ0v) is 19.3. The highest BCUT2D eigenvalue weighted by molar-refractivity contribution is 7.99. The highest BCUT2D eigenvalue weighted by Crippen LogP contribution is 2.26. The van der Waals surface area contributed by atoms with Crippen molar-refractivity contribution < 1.29 is 22.4 Å². The summed E-state index contributed by atoms with van der Waals surface area (Å²) in [6.07, 6.45) is 0. The standard InChI is InChI=1S/C21H25N3O5S2/c1-23(2)31(26,27)17-9-10-19-18(13-17)22-21(29-19)30-15-20(25)24(11-12-28-3)14-16-7-5-4-6-8-16/h4-10,13H,11-12,14-15H2,1-3H3. The average molecular weight is 464 g/mol. The first kappa shape index (κ1) is 23.3. The number of amides is 1. The number of aromatic nitrogens is 1. The molecule has 0 saturated heterocycles. The van der Waals surface area contributed by atoms with Gasteiger partial charge in [-0.2, -0.15) is 0 Å². The summed E-state index contributed by atoms with van der Waals surface area (Å²) in [6, 6.07) is 14.3. The van der Waals surface area contributed by atoms with Crippen molar-refractivity contribution in [1.82, 2.24) is 14.2 Å². The molecule has 1 heterocycles. The van der Waals surface area contributed by atoms with Gasteiger partial charge in [-0.15, -0.1) is 0 Å². The van der Waals surface area contributed by atoms with Gasteiger partial charge in [-0.3, -0.25) is 4.79 Å². The molecule has 0 fully saturated rings. The minimum absolute atomic E-state index is 0.0657. The predicted octanol–water partition coefficient (Wildman–Crippen LogP) is 2.85. The molecule has 1 aromatic heterocycles. The van der Waals surface area contributed by atoms with Gasteiger partial charge in [-0.25, -0.2) is 17.7 Å². The molecule has 2 aromatic carbocycles. The second-order valence-electron chi connectivity index (χ2n) is 6.98. The Bertz CT molecular complexity index is 1130. The lowest BCUT2D eigenvalue weighted by atomic mass is 10.2. The summed E-state index contributed by atoms with van der Waals surface area (Å²) >= 11 is 1.18. The number of nitrogens with zero attached hydrogens (tertiary/aromatic N) is 3. The van der Waals surface area contributed by atoms with Crippen molar-refractivity contribution in [3.63, 3.8) is 0 Å². The monoisotopic (exact) mass is 463 g/mol. The quantitative estimate of drug-likeness (QED) is 0.427. The first-order valence-corrected chi connectivity index (χ1v) is 12.0. The molecule has 0 saturated carbocycles. The Hall–Kier alpha value is -2.40. The molecule has 166 valence electrons. The van der Waals surface area contributed by atoms with E-state index in [9.17, 15) is 13.2 Å². The van der Waals surface area contributed by atoms with E-state index in [0.29, 0.717) is 36.0 Å². The van der Waals surface area contributed by atoms with E-state index in [2.05, 4.69) is 4.98 Å². The van der Waals surface area contributed by atoms with Crippen LogP contribution in [0.1, 0.15) is 5.56 Å². The third-order valence-corrected chi connectivity index (χ3v) is 7.20. The van der Waals surface area contributed by atoms with Crippen LogP contribution in [-0.4, -0.2) is 68.6 Å². The largest absolute Gasteiger partial charge is 0.431 e. The Balaban J connectivity index is 1.70. The van der Waals surface area contributed by atoms with Gasteiger partial charge < -0.3 is 14.1 Å². The first-order valence-electron chi connectivity index (χ1n) is 9.58. The fraction of sp³-hybridized carbons (Fsp3) is 0.333. The number of sulfonamides is 1. The van der Waals surface area contributed by atoms with Crippen LogP contribution in [0.2, 0.25) is 0 Å². The van der Waals surface area contributed by atoms with E-state index in [-0.39, 0.29) is 16.6 Å². The van der Waals surface area contributed by atoms with E-state index < -0.39 is 10.0 Å². The van der Waals surface area contributed by atoms with Gasteiger partial charge in [0.25, 0.3) is 5.22 Å². The SMILES string of the molecule is COCCN(Cc1ccccc1)C(=O)CSc1nc2cc(S(=O)(=O)N(C)C)ccc2o1. The molecular formula is C21H25N3O5S2. The fourth-order valence-corrected chi connectivity index (χ4v) is 4.49. The van der Waals surface area contributed by atoms with Gasteiger partial charge in [0.15, 0.2) is 5.58 Å². The highest BCUT2D eigenvalue weighted by atomic mass is 32.2. The maximum absolute atomic E-state index is 12.8. The molecule has 1 amide bonds. The van der Waals surface area contributed by atoms with Crippen LogP contribution < -0.4 is 0 Å². The minimum Gasteiger partial charge on any atom is -0.431 e. The molecule has 0 spiro atoms. The van der Waals surface area contributed by atoms with Crippen LogP contribution in [0.25, 0.3) is 11.1 Å². The topological polar surface area (TPSA) is 92.9 Å². The number of hydrogen-bond acceptors (Lipinski definition) is 7. The smallest absolute Gasteiger partial charge is 0.257 e. The molecule has 0 aliphatic heterocycles. The van der Waals surface area contributed by atoms with Crippen LogP contribution in [0.5, 0.6) is 0 Å². The molecule has 0 aliphatic rings. The molecule has 3 rings (SSSR count). The molecule has 0 aliphatic carbocycles. The second kappa shape index (κ2) is 10.3. The molecule has 0 bridgehead atoms. The number of hydrogen-bond donors (Lipinski definition) is 0. The van der Waals surface area contributed by atoms with E-state index in [1.54, 1.807) is 18.1 Å². The summed E-state index contributed by atoms with van der Waals surface area (Å²) in [4.78, 5) is 19.0. The molecule has 0 radical (unpaired) electrons. The molecule has 10 heteroatoms. The molecule has 0 unspecified atom stereocenters. The van der Waals surface area contributed by atoms with E-state index in [0.717, 1.165) is 9.87 Å². The number of thioether (sulfide) groups is 1. The number of rotatable bonds is 10. The molecular weight excluding hydrogens is 438 g/mol. The Kier molecular flexibility index (Phi) is 7.71. The van der Waals surface area contributed by atoms with Crippen molar-refractivity contribution in [3.05, 3.63) is 54.1 Å². The van der Waals surface area contributed by atoms with Gasteiger partial charge in [-0.1, -0.05) is 42.1 Å². The van der Waals surface area contributed by atoms with Gasteiger partial charge in [-0.05, 0) is 23.8 Å². The number of benzene rings is 2. The zero-order chi connectivity index (χ0) is 22.4. The van der Waals surface area contributed by atoms with Crippen molar-refractivity contribution in [2.24, 2.45) is 0 Å². The predicted molar refractivity (Wildman–Crippen MR) is 119 cm³/mol. The fourth-order valence-electron chi connectivity index (χ4n) is 2.83. The normalized spacial score (nSPS) is 11.9. The highest BCUT2D eigenvalue weighted by Gasteiger charge is 2.20. The van der Waals surface area contributed by atoms with Crippen molar-refractivity contribution >= 4 is 38.8 Å². The summed E-state index contributed by atoms with van der Waals surface area (Å²) < 4.78 is 36.6. The number of fused-ring (bicyclic) bond motifs is 1. The van der Waals surface area contributed by atoms with Gasteiger partial charge in [0.1, 0.15) is 5.52 Å². The van der Waals surface area contributed by atoms with Crippen molar-refractivity contribution in [2.75, 3.05) is 40.1 Å². The summed E-state index contributed by atoms with van der Waals surface area (Å²) in [7, 11) is 0.982. The van der Waals surface area contributed by atoms with E-state index >= 15 is 0 Å². The minimum atomic E-state index is -3.56. The number of carbonyl (C=O) groups excluding carboxylic acids is 1. The average Bonchev–Trinajstić information content (AvgIpc) is 3.17. The summed E-state index contributed by atoms with van der Waals surface area (Å²) in [5.74, 6) is 0.0794. The first-order chi connectivity index (χ1) is 14.8. The molecule has 0 atom stereocenters.